The summed E-state index contributed by atoms with van der Waals surface area (Å²) in [7, 11) is 0. The number of nitrogens with one attached hydrogen (secondary N) is 1. The summed E-state index contributed by atoms with van der Waals surface area (Å²) in [5.74, 6) is 0.468. The number of anilines is 1. The van der Waals surface area contributed by atoms with Crippen molar-refractivity contribution in [1.82, 2.24) is 9.97 Å². The molecular formula is C21H18FN3O2S. The van der Waals surface area contributed by atoms with E-state index < -0.39 is 6.10 Å². The Bertz CT molecular complexity index is 1100. The summed E-state index contributed by atoms with van der Waals surface area (Å²) in [6.07, 6.45) is 0.688. The second kappa shape index (κ2) is 7.53. The first kappa shape index (κ1) is 18.3. The van der Waals surface area contributed by atoms with Crippen LogP contribution in [0.5, 0.6) is 5.75 Å². The molecule has 3 N–H and O–H groups in total. The lowest BCUT2D eigenvalue weighted by molar-refractivity contribution is 0.160. The van der Waals surface area contributed by atoms with Crippen LogP contribution in [0.3, 0.4) is 0 Å². The van der Waals surface area contributed by atoms with Gasteiger partial charge in [0.1, 0.15) is 28.5 Å². The van der Waals surface area contributed by atoms with E-state index in [1.165, 1.54) is 29.8 Å². The van der Waals surface area contributed by atoms with Gasteiger partial charge in [0.05, 0.1) is 17.5 Å². The number of fused-ring (bicyclic) bond motifs is 1. The molecule has 0 saturated carbocycles. The molecule has 5 nitrogen and oxygen atoms in total. The number of phenolic OH excluding ortho intramolecular Hbond substituents is 1. The number of aliphatic hydroxyl groups is 1. The van der Waals surface area contributed by atoms with Gasteiger partial charge in [-0.2, -0.15) is 0 Å². The third-order valence-electron chi connectivity index (χ3n) is 4.60. The lowest BCUT2D eigenvalue weighted by Gasteiger charge is -2.21. The SMILES string of the molecule is C[C@@H](Nc1ncnc2scc(-c3ccc(F)cc3)c12)[C@@H](O)c1ccc(O)cc1. The molecule has 0 radical (unpaired) electrons. The van der Waals surface area contributed by atoms with E-state index >= 15 is 0 Å². The number of aliphatic hydroxyl groups excluding tert-OH is 1. The molecule has 0 aliphatic heterocycles. The van der Waals surface area contributed by atoms with E-state index in [1.807, 2.05) is 12.3 Å². The average Bonchev–Trinajstić information content (AvgIpc) is 3.14. The molecule has 142 valence electrons. The van der Waals surface area contributed by atoms with E-state index in [-0.39, 0.29) is 17.6 Å². The van der Waals surface area contributed by atoms with E-state index in [4.69, 9.17) is 0 Å². The van der Waals surface area contributed by atoms with Crippen LogP contribution in [-0.2, 0) is 0 Å². The van der Waals surface area contributed by atoms with Crippen molar-refractivity contribution in [2.24, 2.45) is 0 Å². The smallest absolute Gasteiger partial charge is 0.139 e. The summed E-state index contributed by atoms with van der Waals surface area (Å²) < 4.78 is 13.3. The van der Waals surface area contributed by atoms with Gasteiger partial charge in [-0.1, -0.05) is 24.3 Å². The van der Waals surface area contributed by atoms with Crippen molar-refractivity contribution in [3.63, 3.8) is 0 Å². The molecule has 0 spiro atoms. The number of phenols is 1. The Balaban J connectivity index is 1.67. The highest BCUT2D eigenvalue weighted by molar-refractivity contribution is 7.17. The van der Waals surface area contributed by atoms with Gasteiger partial charge in [0, 0.05) is 10.9 Å². The molecular weight excluding hydrogens is 377 g/mol. The van der Waals surface area contributed by atoms with Gasteiger partial charge < -0.3 is 15.5 Å². The van der Waals surface area contributed by atoms with Crippen LogP contribution < -0.4 is 5.32 Å². The number of thiophene rings is 1. The molecule has 4 rings (SSSR count). The van der Waals surface area contributed by atoms with Gasteiger partial charge in [-0.15, -0.1) is 11.3 Å². The molecule has 2 aromatic heterocycles. The number of nitrogens with zero attached hydrogens (tertiary/aromatic N) is 2. The van der Waals surface area contributed by atoms with Crippen molar-refractivity contribution in [3.8, 4) is 16.9 Å². The Morgan fingerprint density at radius 2 is 1.75 bits per heavy atom. The fourth-order valence-corrected chi connectivity index (χ4v) is 4.00. The molecule has 0 aliphatic rings. The zero-order valence-corrected chi connectivity index (χ0v) is 15.8. The van der Waals surface area contributed by atoms with Crippen LogP contribution in [-0.4, -0.2) is 26.2 Å². The molecule has 7 heteroatoms. The van der Waals surface area contributed by atoms with Crippen LogP contribution >= 0.6 is 11.3 Å². The van der Waals surface area contributed by atoms with Gasteiger partial charge in [-0.25, -0.2) is 14.4 Å². The molecule has 4 aromatic rings. The monoisotopic (exact) mass is 395 g/mol. The van der Waals surface area contributed by atoms with Crippen molar-refractivity contribution >= 4 is 27.4 Å². The van der Waals surface area contributed by atoms with Crippen molar-refractivity contribution in [2.45, 2.75) is 19.1 Å². The Morgan fingerprint density at radius 1 is 1.04 bits per heavy atom. The summed E-state index contributed by atoms with van der Waals surface area (Å²) in [5, 5.41) is 26.2. The lowest BCUT2D eigenvalue weighted by Crippen LogP contribution is -2.24. The zero-order chi connectivity index (χ0) is 19.7. The number of halogens is 1. The minimum absolute atomic E-state index is 0.149. The van der Waals surface area contributed by atoms with Crippen LogP contribution in [0, 0.1) is 5.82 Å². The van der Waals surface area contributed by atoms with Crippen LogP contribution in [0.25, 0.3) is 21.3 Å². The Hall–Kier alpha value is -3.03. The molecule has 0 saturated heterocycles. The van der Waals surface area contributed by atoms with Crippen molar-refractivity contribution in [3.05, 3.63) is 71.6 Å². The van der Waals surface area contributed by atoms with Crippen molar-refractivity contribution in [1.29, 1.82) is 0 Å². The molecule has 0 aliphatic carbocycles. The first-order valence-corrected chi connectivity index (χ1v) is 9.62. The standard InChI is InChI=1S/C21H18FN3O2S/c1-12(19(27)14-4-8-16(26)9-5-14)25-20-18-17(10-28-21(18)24-11-23-20)13-2-6-15(22)7-3-13/h2-12,19,26-27H,1H3,(H,23,24,25)/t12-,19-/m1/s1. The highest BCUT2D eigenvalue weighted by Crippen LogP contribution is 2.37. The molecule has 2 atom stereocenters. The molecule has 2 heterocycles. The van der Waals surface area contributed by atoms with Crippen molar-refractivity contribution in [2.75, 3.05) is 5.32 Å². The zero-order valence-electron chi connectivity index (χ0n) is 15.0. The molecule has 0 amide bonds. The maximum Gasteiger partial charge on any atom is 0.139 e. The van der Waals surface area contributed by atoms with E-state index in [0.717, 1.165) is 21.3 Å². The predicted molar refractivity (Wildman–Crippen MR) is 109 cm³/mol. The fourth-order valence-electron chi connectivity index (χ4n) is 3.08. The average molecular weight is 395 g/mol. The van der Waals surface area contributed by atoms with Gasteiger partial charge in [-0.3, -0.25) is 0 Å². The van der Waals surface area contributed by atoms with Gasteiger partial charge in [0.15, 0.2) is 0 Å². The van der Waals surface area contributed by atoms with Crippen LogP contribution in [0.15, 0.2) is 60.2 Å². The summed E-state index contributed by atoms with van der Waals surface area (Å²) in [5.41, 5.74) is 2.47. The Labute approximate surface area is 165 Å². The summed E-state index contributed by atoms with van der Waals surface area (Å²) >= 11 is 1.49. The van der Waals surface area contributed by atoms with E-state index in [1.54, 1.807) is 36.4 Å². The molecule has 2 aromatic carbocycles. The van der Waals surface area contributed by atoms with Gasteiger partial charge in [0.2, 0.25) is 0 Å². The Kier molecular flexibility index (Phi) is 4.93. The van der Waals surface area contributed by atoms with Gasteiger partial charge in [0.25, 0.3) is 0 Å². The molecule has 0 unspecified atom stereocenters. The van der Waals surface area contributed by atoms with E-state index in [2.05, 4.69) is 15.3 Å². The first-order chi connectivity index (χ1) is 13.5. The molecule has 28 heavy (non-hydrogen) atoms. The number of benzene rings is 2. The van der Waals surface area contributed by atoms with Gasteiger partial charge >= 0.3 is 0 Å². The largest absolute Gasteiger partial charge is 0.508 e. The van der Waals surface area contributed by atoms with Crippen LogP contribution in [0.2, 0.25) is 0 Å². The number of hydrogen-bond acceptors (Lipinski definition) is 6. The summed E-state index contributed by atoms with van der Waals surface area (Å²) in [4.78, 5) is 9.51. The number of rotatable bonds is 5. The predicted octanol–water partition coefficient (Wildman–Crippen LogP) is 4.74. The Morgan fingerprint density at radius 3 is 2.46 bits per heavy atom. The summed E-state index contributed by atoms with van der Waals surface area (Å²) in [6.45, 7) is 1.86. The van der Waals surface area contributed by atoms with Crippen molar-refractivity contribution < 1.29 is 14.6 Å². The highest BCUT2D eigenvalue weighted by atomic mass is 32.1. The normalized spacial score (nSPS) is 13.4. The van der Waals surface area contributed by atoms with Crippen LogP contribution in [0.4, 0.5) is 10.2 Å². The molecule has 0 fully saturated rings. The third kappa shape index (κ3) is 3.54. The first-order valence-electron chi connectivity index (χ1n) is 8.74. The number of aromatic hydroxyl groups is 1. The minimum Gasteiger partial charge on any atom is -0.508 e. The summed E-state index contributed by atoms with van der Waals surface area (Å²) in [6, 6.07) is 12.4. The number of hydrogen-bond donors (Lipinski definition) is 3. The second-order valence-electron chi connectivity index (χ2n) is 6.53. The second-order valence-corrected chi connectivity index (χ2v) is 7.39. The maximum atomic E-state index is 13.3. The quantitative estimate of drug-likeness (QED) is 0.455. The van der Waals surface area contributed by atoms with Crippen LogP contribution in [0.1, 0.15) is 18.6 Å². The lowest BCUT2D eigenvalue weighted by atomic mass is 10.0. The fraction of sp³-hybridized carbons (Fsp3) is 0.143. The third-order valence-corrected chi connectivity index (χ3v) is 5.48. The molecule has 0 bridgehead atoms. The minimum atomic E-state index is -0.793. The van der Waals surface area contributed by atoms with E-state index in [0.29, 0.717) is 11.4 Å². The highest BCUT2D eigenvalue weighted by Gasteiger charge is 2.20. The maximum absolute atomic E-state index is 13.3. The van der Waals surface area contributed by atoms with E-state index in [9.17, 15) is 14.6 Å². The number of aromatic nitrogens is 2. The van der Waals surface area contributed by atoms with Gasteiger partial charge in [-0.05, 0) is 42.3 Å². The topological polar surface area (TPSA) is 78.3 Å².